The van der Waals surface area contributed by atoms with E-state index in [1.54, 1.807) is 0 Å². The minimum atomic E-state index is 0.199. The second-order valence-corrected chi connectivity index (χ2v) is 7.50. The van der Waals surface area contributed by atoms with Crippen LogP contribution in [0.3, 0.4) is 0 Å². The number of rotatable bonds is 4. The highest BCUT2D eigenvalue weighted by molar-refractivity contribution is 5.81. The van der Waals surface area contributed by atoms with Crippen LogP contribution in [0.5, 0.6) is 0 Å². The molecule has 0 spiro atoms. The molecule has 132 valence electrons. The number of likely N-dealkylation sites (tertiary alicyclic amines) is 1. The summed E-state index contributed by atoms with van der Waals surface area (Å²) in [5.74, 6) is 0. The van der Waals surface area contributed by atoms with Gasteiger partial charge in [0.2, 0.25) is 0 Å². The highest BCUT2D eigenvalue weighted by atomic mass is 15.2. The van der Waals surface area contributed by atoms with Gasteiger partial charge in [-0.05, 0) is 78.3 Å². The lowest BCUT2D eigenvalue weighted by Gasteiger charge is -2.24. The first kappa shape index (κ1) is 15.7. The summed E-state index contributed by atoms with van der Waals surface area (Å²) in [7, 11) is 2.20. The molecule has 1 fully saturated rings. The Labute approximate surface area is 153 Å². The number of aromatic nitrogens is 2. The van der Waals surface area contributed by atoms with Crippen molar-refractivity contribution in [2.24, 2.45) is 0 Å². The lowest BCUT2D eigenvalue weighted by Crippen LogP contribution is -2.35. The van der Waals surface area contributed by atoms with Crippen LogP contribution in [-0.4, -0.2) is 41.0 Å². The quantitative estimate of drug-likeness (QED) is 0.523. The Bertz CT molecular complexity index is 970. The van der Waals surface area contributed by atoms with E-state index >= 15 is 0 Å². The van der Waals surface area contributed by atoms with Crippen molar-refractivity contribution in [1.82, 2.24) is 20.2 Å². The van der Waals surface area contributed by atoms with Gasteiger partial charge in [0, 0.05) is 36.0 Å². The number of likely N-dealkylation sites (N-methyl/N-ethyl adjacent to an activating group) is 1. The topological polar surface area (TPSA) is 46.8 Å². The molecule has 1 atom stereocenters. The third-order valence-electron chi connectivity index (χ3n) is 5.62. The van der Waals surface area contributed by atoms with E-state index in [1.807, 2.05) is 12.4 Å². The summed E-state index contributed by atoms with van der Waals surface area (Å²) in [5.41, 5.74) is 5.02. The standard InChI is InChI=1S/C22H24N4/c1-26-11-8-19(14-26)25-22(17-2-4-20-15(12-17)6-9-23-20)18-3-5-21-16(13-18)7-10-24-21/h2-7,9-10,12-13,19,22-25H,8,11,14H2,1H3. The van der Waals surface area contributed by atoms with E-state index in [0.717, 1.165) is 13.1 Å². The summed E-state index contributed by atoms with van der Waals surface area (Å²) >= 11 is 0. The van der Waals surface area contributed by atoms with Gasteiger partial charge < -0.3 is 20.2 Å². The van der Waals surface area contributed by atoms with Crippen LogP contribution in [0.1, 0.15) is 23.6 Å². The Kier molecular flexibility index (Phi) is 3.80. The van der Waals surface area contributed by atoms with Crippen molar-refractivity contribution in [3.8, 4) is 0 Å². The third kappa shape index (κ3) is 2.81. The second-order valence-electron chi connectivity index (χ2n) is 7.50. The molecule has 1 unspecified atom stereocenters. The first-order chi connectivity index (χ1) is 12.8. The molecule has 3 N–H and O–H groups in total. The zero-order valence-corrected chi connectivity index (χ0v) is 15.0. The largest absolute Gasteiger partial charge is 0.361 e. The van der Waals surface area contributed by atoms with Gasteiger partial charge in [-0.1, -0.05) is 12.1 Å². The Morgan fingerprint density at radius 3 is 2.08 bits per heavy atom. The molecule has 5 rings (SSSR count). The fourth-order valence-corrected chi connectivity index (χ4v) is 4.19. The molecule has 2 aromatic heterocycles. The summed E-state index contributed by atoms with van der Waals surface area (Å²) in [6.45, 7) is 2.27. The van der Waals surface area contributed by atoms with Crippen LogP contribution >= 0.6 is 0 Å². The molecule has 1 aliphatic rings. The molecule has 3 heterocycles. The molecule has 0 amide bonds. The van der Waals surface area contributed by atoms with Crippen molar-refractivity contribution in [3.63, 3.8) is 0 Å². The number of H-pyrrole nitrogens is 2. The molecule has 26 heavy (non-hydrogen) atoms. The van der Waals surface area contributed by atoms with Gasteiger partial charge >= 0.3 is 0 Å². The third-order valence-corrected chi connectivity index (χ3v) is 5.62. The SMILES string of the molecule is CN1CCC(NC(c2ccc3[nH]ccc3c2)c2ccc3[nH]ccc3c2)C1. The van der Waals surface area contributed by atoms with Crippen LogP contribution in [0.25, 0.3) is 21.8 Å². The van der Waals surface area contributed by atoms with Crippen molar-refractivity contribution in [2.75, 3.05) is 20.1 Å². The van der Waals surface area contributed by atoms with E-state index in [0.29, 0.717) is 6.04 Å². The summed E-state index contributed by atoms with van der Waals surface area (Å²) in [4.78, 5) is 8.99. The lowest BCUT2D eigenvalue weighted by atomic mass is 9.95. The molecule has 4 aromatic rings. The van der Waals surface area contributed by atoms with E-state index in [9.17, 15) is 0 Å². The highest BCUT2D eigenvalue weighted by Gasteiger charge is 2.24. The highest BCUT2D eigenvalue weighted by Crippen LogP contribution is 2.29. The van der Waals surface area contributed by atoms with Gasteiger partial charge in [-0.3, -0.25) is 0 Å². The number of hydrogen-bond acceptors (Lipinski definition) is 2. The van der Waals surface area contributed by atoms with E-state index in [1.165, 1.54) is 39.4 Å². The second kappa shape index (κ2) is 6.31. The molecule has 0 aliphatic carbocycles. The Morgan fingerprint density at radius 2 is 1.54 bits per heavy atom. The number of hydrogen-bond donors (Lipinski definition) is 3. The monoisotopic (exact) mass is 344 g/mol. The smallest absolute Gasteiger partial charge is 0.0579 e. The zero-order valence-electron chi connectivity index (χ0n) is 15.0. The van der Waals surface area contributed by atoms with Gasteiger partial charge in [0.15, 0.2) is 0 Å². The summed E-state index contributed by atoms with van der Waals surface area (Å²) < 4.78 is 0. The molecule has 0 radical (unpaired) electrons. The molecule has 4 nitrogen and oxygen atoms in total. The molecule has 1 aliphatic heterocycles. The van der Waals surface area contributed by atoms with Crippen LogP contribution in [0, 0.1) is 0 Å². The van der Waals surface area contributed by atoms with Crippen molar-refractivity contribution in [2.45, 2.75) is 18.5 Å². The number of nitrogens with zero attached hydrogens (tertiary/aromatic N) is 1. The summed E-state index contributed by atoms with van der Waals surface area (Å²) in [5, 5.41) is 6.46. The van der Waals surface area contributed by atoms with Crippen molar-refractivity contribution < 1.29 is 0 Å². The van der Waals surface area contributed by atoms with Gasteiger partial charge in [-0.2, -0.15) is 0 Å². The first-order valence-corrected chi connectivity index (χ1v) is 9.35. The maximum atomic E-state index is 3.93. The maximum Gasteiger partial charge on any atom is 0.0579 e. The van der Waals surface area contributed by atoms with Crippen molar-refractivity contribution >= 4 is 21.8 Å². The van der Waals surface area contributed by atoms with Crippen LogP contribution in [0.15, 0.2) is 60.9 Å². The van der Waals surface area contributed by atoms with Gasteiger partial charge in [0.25, 0.3) is 0 Å². The summed E-state index contributed by atoms with van der Waals surface area (Å²) in [6, 6.07) is 18.5. The average molecular weight is 344 g/mol. The Hall–Kier alpha value is -2.56. The van der Waals surface area contributed by atoms with Crippen LogP contribution in [-0.2, 0) is 0 Å². The number of fused-ring (bicyclic) bond motifs is 2. The molecule has 0 saturated carbocycles. The van der Waals surface area contributed by atoms with E-state index in [-0.39, 0.29) is 6.04 Å². The Balaban J connectivity index is 1.56. The zero-order chi connectivity index (χ0) is 17.5. The minimum Gasteiger partial charge on any atom is -0.361 e. The van der Waals surface area contributed by atoms with Crippen LogP contribution < -0.4 is 5.32 Å². The number of benzene rings is 2. The van der Waals surface area contributed by atoms with Gasteiger partial charge in [0.1, 0.15) is 0 Å². The number of nitrogens with one attached hydrogen (secondary N) is 3. The van der Waals surface area contributed by atoms with Gasteiger partial charge in [-0.15, -0.1) is 0 Å². The van der Waals surface area contributed by atoms with Crippen molar-refractivity contribution in [1.29, 1.82) is 0 Å². The molecule has 1 saturated heterocycles. The average Bonchev–Trinajstić information content (AvgIpc) is 3.39. The van der Waals surface area contributed by atoms with E-state index in [2.05, 4.69) is 75.8 Å². The van der Waals surface area contributed by atoms with Gasteiger partial charge in [-0.25, -0.2) is 0 Å². The molecular formula is C22H24N4. The molecule has 4 heteroatoms. The summed E-state index contributed by atoms with van der Waals surface area (Å²) in [6.07, 6.45) is 5.22. The molecular weight excluding hydrogens is 320 g/mol. The first-order valence-electron chi connectivity index (χ1n) is 9.35. The lowest BCUT2D eigenvalue weighted by molar-refractivity contribution is 0.391. The number of aromatic amines is 2. The van der Waals surface area contributed by atoms with E-state index in [4.69, 9.17) is 0 Å². The Morgan fingerprint density at radius 1 is 0.923 bits per heavy atom. The predicted molar refractivity (Wildman–Crippen MR) is 107 cm³/mol. The molecule has 0 bridgehead atoms. The van der Waals surface area contributed by atoms with Crippen molar-refractivity contribution in [3.05, 3.63) is 72.1 Å². The fourth-order valence-electron chi connectivity index (χ4n) is 4.19. The normalized spacial score (nSPS) is 18.5. The molecule has 2 aromatic carbocycles. The minimum absolute atomic E-state index is 0.199. The van der Waals surface area contributed by atoms with Crippen LogP contribution in [0.4, 0.5) is 0 Å². The van der Waals surface area contributed by atoms with E-state index < -0.39 is 0 Å². The van der Waals surface area contributed by atoms with Crippen LogP contribution in [0.2, 0.25) is 0 Å². The fraction of sp³-hybridized carbons (Fsp3) is 0.273. The van der Waals surface area contributed by atoms with Gasteiger partial charge in [0.05, 0.1) is 6.04 Å². The maximum absolute atomic E-state index is 3.93. The predicted octanol–water partition coefficient (Wildman–Crippen LogP) is 4.03.